The smallest absolute Gasteiger partial charge is 0.0683 e. The maximum Gasteiger partial charge on any atom is 0.0683 e. The zero-order valence-electron chi connectivity index (χ0n) is 12.8. The third-order valence-electron chi connectivity index (χ3n) is 3.54. The molecule has 0 heterocycles. The zero-order valence-corrected chi connectivity index (χ0v) is 12.8. The molecule has 0 spiro atoms. The quantitative estimate of drug-likeness (QED) is 0.489. The lowest BCUT2D eigenvalue weighted by molar-refractivity contribution is 0.0899. The van der Waals surface area contributed by atoms with E-state index in [-0.39, 0.29) is 5.41 Å². The largest absolute Gasteiger partial charge is 0.381 e. The van der Waals surface area contributed by atoms with E-state index in [0.29, 0.717) is 0 Å². The Labute approximate surface area is 114 Å². The van der Waals surface area contributed by atoms with Gasteiger partial charge in [0.15, 0.2) is 0 Å². The summed E-state index contributed by atoms with van der Waals surface area (Å²) in [6.45, 7) is 10.3. The number of hydrogen-bond acceptors (Lipinski definition) is 2. The van der Waals surface area contributed by atoms with Gasteiger partial charge in [-0.15, -0.1) is 0 Å². The lowest BCUT2D eigenvalue weighted by atomic mass is 9.89. The molecule has 0 aliphatic rings. The predicted octanol–water partition coefficient (Wildman–Crippen LogP) is 4.94. The van der Waals surface area contributed by atoms with Crippen LogP contribution in [0.1, 0.15) is 72.6 Å². The maximum absolute atomic E-state index is 8.90. The van der Waals surface area contributed by atoms with Crippen molar-refractivity contribution in [3.63, 3.8) is 0 Å². The number of hydrogen-bond donors (Lipinski definition) is 0. The van der Waals surface area contributed by atoms with Crippen molar-refractivity contribution in [3.8, 4) is 6.07 Å². The summed E-state index contributed by atoms with van der Waals surface area (Å²) in [7, 11) is 0. The van der Waals surface area contributed by atoms with Crippen LogP contribution in [0.15, 0.2) is 0 Å². The summed E-state index contributed by atoms with van der Waals surface area (Å²) in [5.74, 6) is 0.737. The molecule has 0 aromatic carbocycles. The molecule has 0 saturated heterocycles. The van der Waals surface area contributed by atoms with Crippen LogP contribution >= 0.6 is 0 Å². The monoisotopic (exact) mass is 253 g/mol. The molecule has 0 fully saturated rings. The van der Waals surface area contributed by atoms with Crippen molar-refractivity contribution in [3.05, 3.63) is 0 Å². The van der Waals surface area contributed by atoms with Crippen molar-refractivity contribution in [2.75, 3.05) is 13.2 Å². The highest BCUT2D eigenvalue weighted by Crippen LogP contribution is 2.21. The van der Waals surface area contributed by atoms with Crippen molar-refractivity contribution in [1.29, 1.82) is 5.26 Å². The third kappa shape index (κ3) is 9.48. The molecule has 0 aliphatic carbocycles. The minimum atomic E-state index is -0.174. The highest BCUT2D eigenvalue weighted by Gasteiger charge is 2.15. The van der Waals surface area contributed by atoms with Gasteiger partial charge in [-0.3, -0.25) is 0 Å². The van der Waals surface area contributed by atoms with E-state index < -0.39 is 0 Å². The molecule has 1 unspecified atom stereocenters. The van der Waals surface area contributed by atoms with E-state index in [9.17, 15) is 0 Å². The molecule has 0 aliphatic heterocycles. The van der Waals surface area contributed by atoms with Gasteiger partial charge < -0.3 is 4.74 Å². The minimum Gasteiger partial charge on any atom is -0.381 e. The van der Waals surface area contributed by atoms with E-state index in [1.54, 1.807) is 0 Å². The number of rotatable bonds is 11. The Balaban J connectivity index is 3.47. The SMILES string of the molecule is CCCCC(CC)COCCCCC(C)(C)C#N. The number of nitrogens with zero attached hydrogens (tertiary/aromatic N) is 1. The molecule has 0 aromatic rings. The van der Waals surface area contributed by atoms with Crippen molar-refractivity contribution in [2.24, 2.45) is 11.3 Å². The summed E-state index contributed by atoms with van der Waals surface area (Å²) < 4.78 is 5.75. The molecule has 1 atom stereocenters. The highest BCUT2D eigenvalue weighted by atomic mass is 16.5. The topological polar surface area (TPSA) is 33.0 Å². The Morgan fingerprint density at radius 3 is 2.44 bits per heavy atom. The summed E-state index contributed by atoms with van der Waals surface area (Å²) >= 11 is 0. The van der Waals surface area contributed by atoms with Crippen molar-refractivity contribution in [2.45, 2.75) is 72.6 Å². The second-order valence-electron chi connectivity index (χ2n) is 5.94. The Hall–Kier alpha value is -0.550. The van der Waals surface area contributed by atoms with Crippen LogP contribution in [0.4, 0.5) is 0 Å². The molecule has 0 bridgehead atoms. The fourth-order valence-electron chi connectivity index (χ4n) is 1.98. The highest BCUT2D eigenvalue weighted by molar-refractivity contribution is 4.91. The molecular formula is C16H31NO. The first-order valence-electron chi connectivity index (χ1n) is 7.54. The van der Waals surface area contributed by atoms with E-state index in [0.717, 1.165) is 38.4 Å². The second-order valence-corrected chi connectivity index (χ2v) is 5.94. The third-order valence-corrected chi connectivity index (χ3v) is 3.54. The van der Waals surface area contributed by atoms with Crippen LogP contribution in [-0.2, 0) is 4.74 Å². The lowest BCUT2D eigenvalue weighted by Gasteiger charge is -2.16. The molecule has 106 valence electrons. The first-order chi connectivity index (χ1) is 8.55. The van der Waals surface area contributed by atoms with E-state index in [4.69, 9.17) is 10.00 Å². The fourth-order valence-corrected chi connectivity index (χ4v) is 1.98. The average molecular weight is 253 g/mol. The molecule has 0 amide bonds. The molecule has 0 aromatic heterocycles. The standard InChI is InChI=1S/C16H31NO/c1-5-7-10-15(6-2)13-18-12-9-8-11-16(3,4)14-17/h15H,5-13H2,1-4H3. The minimum absolute atomic E-state index is 0.174. The first kappa shape index (κ1) is 17.4. The molecule has 0 radical (unpaired) electrons. The van der Waals surface area contributed by atoms with Crippen LogP contribution in [0.5, 0.6) is 0 Å². The van der Waals surface area contributed by atoms with Gasteiger partial charge in [0.25, 0.3) is 0 Å². The van der Waals surface area contributed by atoms with Gasteiger partial charge in [-0.25, -0.2) is 0 Å². The van der Waals surface area contributed by atoms with Crippen LogP contribution in [-0.4, -0.2) is 13.2 Å². The molecule has 0 N–H and O–H groups in total. The Morgan fingerprint density at radius 1 is 1.17 bits per heavy atom. The molecule has 2 nitrogen and oxygen atoms in total. The fraction of sp³-hybridized carbons (Fsp3) is 0.938. The number of nitriles is 1. The number of ether oxygens (including phenoxy) is 1. The van der Waals surface area contributed by atoms with Gasteiger partial charge in [0.2, 0.25) is 0 Å². The van der Waals surface area contributed by atoms with E-state index in [1.807, 2.05) is 13.8 Å². The van der Waals surface area contributed by atoms with Gasteiger partial charge in [0.05, 0.1) is 11.5 Å². The summed E-state index contributed by atoms with van der Waals surface area (Å²) in [5, 5.41) is 8.90. The summed E-state index contributed by atoms with van der Waals surface area (Å²) in [6.07, 6.45) is 8.26. The van der Waals surface area contributed by atoms with Crippen LogP contribution in [0.2, 0.25) is 0 Å². The summed E-state index contributed by atoms with van der Waals surface area (Å²) in [5.41, 5.74) is -0.174. The predicted molar refractivity (Wildman–Crippen MR) is 77.4 cm³/mol. The van der Waals surface area contributed by atoms with E-state index >= 15 is 0 Å². The first-order valence-corrected chi connectivity index (χ1v) is 7.54. The van der Waals surface area contributed by atoms with Crippen LogP contribution in [0, 0.1) is 22.7 Å². The van der Waals surface area contributed by atoms with Crippen LogP contribution < -0.4 is 0 Å². The van der Waals surface area contributed by atoms with Crippen molar-refractivity contribution < 1.29 is 4.74 Å². The van der Waals surface area contributed by atoms with Crippen LogP contribution in [0.25, 0.3) is 0 Å². The normalized spacial score (nSPS) is 13.3. The van der Waals surface area contributed by atoms with Crippen molar-refractivity contribution >= 4 is 0 Å². The second kappa shape index (κ2) is 10.4. The van der Waals surface area contributed by atoms with Gasteiger partial charge in [-0.1, -0.05) is 33.1 Å². The Morgan fingerprint density at radius 2 is 1.89 bits per heavy atom. The molecule has 18 heavy (non-hydrogen) atoms. The lowest BCUT2D eigenvalue weighted by Crippen LogP contribution is -2.11. The Kier molecular flexibility index (Phi) is 10.1. The van der Waals surface area contributed by atoms with Gasteiger partial charge in [-0.2, -0.15) is 5.26 Å². The van der Waals surface area contributed by atoms with Crippen molar-refractivity contribution in [1.82, 2.24) is 0 Å². The maximum atomic E-state index is 8.90. The zero-order chi connectivity index (χ0) is 13.9. The molecule has 0 rings (SSSR count). The number of unbranched alkanes of at least 4 members (excludes halogenated alkanes) is 2. The summed E-state index contributed by atoms with van der Waals surface area (Å²) in [4.78, 5) is 0. The molecule has 2 heteroatoms. The Bertz CT molecular complexity index is 230. The van der Waals surface area contributed by atoms with E-state index in [1.165, 1.54) is 25.7 Å². The van der Waals surface area contributed by atoms with Gasteiger partial charge >= 0.3 is 0 Å². The molecule has 0 saturated carbocycles. The van der Waals surface area contributed by atoms with Gasteiger partial charge in [0, 0.05) is 13.2 Å². The summed E-state index contributed by atoms with van der Waals surface area (Å²) in [6, 6.07) is 2.34. The average Bonchev–Trinajstić information content (AvgIpc) is 2.37. The van der Waals surface area contributed by atoms with Gasteiger partial charge in [-0.05, 0) is 45.4 Å². The van der Waals surface area contributed by atoms with Crippen LogP contribution in [0.3, 0.4) is 0 Å². The molecular weight excluding hydrogens is 222 g/mol. The van der Waals surface area contributed by atoms with E-state index in [2.05, 4.69) is 19.9 Å². The van der Waals surface area contributed by atoms with Gasteiger partial charge in [0.1, 0.15) is 0 Å².